The average Bonchev–Trinajstić information content (AvgIpc) is 2.44. The van der Waals surface area contributed by atoms with Gasteiger partial charge >= 0.3 is 0 Å². The van der Waals surface area contributed by atoms with Crippen molar-refractivity contribution in [3.8, 4) is 0 Å². The first-order chi connectivity index (χ1) is 8.08. The summed E-state index contributed by atoms with van der Waals surface area (Å²) >= 11 is 0. The van der Waals surface area contributed by atoms with Crippen molar-refractivity contribution in [2.24, 2.45) is 11.8 Å². The summed E-state index contributed by atoms with van der Waals surface area (Å²) in [5, 5.41) is 3.96. The Labute approximate surface area is 109 Å². The van der Waals surface area contributed by atoms with Crippen molar-refractivity contribution in [1.82, 2.24) is 5.32 Å². The van der Waals surface area contributed by atoms with Gasteiger partial charge in [0.2, 0.25) is 0 Å². The minimum atomic E-state index is 0.748. The van der Waals surface area contributed by atoms with Crippen molar-refractivity contribution < 1.29 is 0 Å². The van der Waals surface area contributed by atoms with Crippen LogP contribution in [0.4, 0.5) is 0 Å². The van der Waals surface area contributed by atoms with Crippen LogP contribution >= 0.6 is 0 Å². The second-order valence-corrected chi connectivity index (χ2v) is 6.81. The Bertz CT molecular complexity index is 168. The van der Waals surface area contributed by atoms with Crippen LogP contribution in [-0.4, -0.2) is 12.1 Å². The summed E-state index contributed by atoms with van der Waals surface area (Å²) in [7, 11) is 0. The third-order valence-electron chi connectivity index (χ3n) is 3.84. The Hall–Kier alpha value is -0.0400. The zero-order valence-electron chi connectivity index (χ0n) is 12.5. The van der Waals surface area contributed by atoms with E-state index in [2.05, 4.69) is 33.0 Å². The van der Waals surface area contributed by atoms with Crippen LogP contribution in [0.15, 0.2) is 0 Å². The molecule has 0 bridgehead atoms. The SMILES string of the molecule is CC(C)CC(CC(C)C)NC1CCCCCC1. The summed E-state index contributed by atoms with van der Waals surface area (Å²) in [6.07, 6.45) is 11.3. The quantitative estimate of drug-likeness (QED) is 0.659. The molecule has 1 heteroatoms. The van der Waals surface area contributed by atoms with Crippen LogP contribution in [-0.2, 0) is 0 Å². The highest BCUT2D eigenvalue weighted by Gasteiger charge is 2.18. The monoisotopic (exact) mass is 239 g/mol. The lowest BCUT2D eigenvalue weighted by molar-refractivity contribution is 0.311. The van der Waals surface area contributed by atoms with Gasteiger partial charge in [0.05, 0.1) is 0 Å². The molecule has 102 valence electrons. The van der Waals surface area contributed by atoms with E-state index in [0.717, 1.165) is 23.9 Å². The predicted octanol–water partition coefficient (Wildman–Crippen LogP) is 4.76. The smallest absolute Gasteiger partial charge is 0.00745 e. The maximum absolute atomic E-state index is 3.96. The highest BCUT2D eigenvalue weighted by molar-refractivity contribution is 4.78. The standard InChI is InChI=1S/C16H33N/c1-13(2)11-16(12-14(3)4)17-15-9-7-5-6-8-10-15/h13-17H,5-12H2,1-4H3. The Morgan fingerprint density at radius 1 is 0.824 bits per heavy atom. The van der Waals surface area contributed by atoms with Crippen LogP contribution in [0, 0.1) is 11.8 Å². The molecule has 17 heavy (non-hydrogen) atoms. The van der Waals surface area contributed by atoms with Crippen LogP contribution in [0.5, 0.6) is 0 Å². The first-order valence-electron chi connectivity index (χ1n) is 7.84. The topological polar surface area (TPSA) is 12.0 Å². The zero-order valence-corrected chi connectivity index (χ0v) is 12.5. The fourth-order valence-corrected chi connectivity index (χ4v) is 3.15. The van der Waals surface area contributed by atoms with Gasteiger partial charge in [-0.05, 0) is 37.5 Å². The molecule has 1 rings (SSSR count). The number of nitrogens with one attached hydrogen (secondary N) is 1. The molecule has 1 N–H and O–H groups in total. The molecule has 0 aliphatic heterocycles. The molecular weight excluding hydrogens is 206 g/mol. The molecule has 0 radical (unpaired) electrons. The molecule has 0 amide bonds. The van der Waals surface area contributed by atoms with Gasteiger partial charge < -0.3 is 5.32 Å². The fraction of sp³-hybridized carbons (Fsp3) is 1.00. The second kappa shape index (κ2) is 8.13. The van der Waals surface area contributed by atoms with Crippen molar-refractivity contribution >= 4 is 0 Å². The van der Waals surface area contributed by atoms with Crippen molar-refractivity contribution in [2.45, 2.75) is 91.1 Å². The Balaban J connectivity index is 2.39. The maximum atomic E-state index is 3.96. The minimum absolute atomic E-state index is 0.748. The lowest BCUT2D eigenvalue weighted by Crippen LogP contribution is -2.39. The fourth-order valence-electron chi connectivity index (χ4n) is 3.15. The van der Waals surface area contributed by atoms with Gasteiger partial charge in [-0.1, -0.05) is 53.4 Å². The summed E-state index contributed by atoms with van der Waals surface area (Å²) in [6, 6.07) is 1.55. The second-order valence-electron chi connectivity index (χ2n) is 6.81. The van der Waals surface area contributed by atoms with Crippen LogP contribution in [0.1, 0.15) is 79.1 Å². The summed E-state index contributed by atoms with van der Waals surface area (Å²) in [4.78, 5) is 0. The van der Waals surface area contributed by atoms with E-state index >= 15 is 0 Å². The third kappa shape index (κ3) is 7.08. The molecule has 0 spiro atoms. The van der Waals surface area contributed by atoms with Gasteiger partial charge in [0, 0.05) is 12.1 Å². The molecule has 1 saturated carbocycles. The van der Waals surface area contributed by atoms with Crippen molar-refractivity contribution in [3.05, 3.63) is 0 Å². The lowest BCUT2D eigenvalue weighted by atomic mass is 9.94. The van der Waals surface area contributed by atoms with E-state index in [1.54, 1.807) is 0 Å². The van der Waals surface area contributed by atoms with Gasteiger partial charge in [-0.25, -0.2) is 0 Å². The van der Waals surface area contributed by atoms with E-state index in [4.69, 9.17) is 0 Å². The summed E-state index contributed by atoms with van der Waals surface area (Å²) in [5.74, 6) is 1.63. The van der Waals surface area contributed by atoms with E-state index in [1.165, 1.54) is 51.4 Å². The summed E-state index contributed by atoms with van der Waals surface area (Å²) in [6.45, 7) is 9.40. The highest BCUT2D eigenvalue weighted by Crippen LogP contribution is 2.20. The Kier molecular flexibility index (Phi) is 7.18. The van der Waals surface area contributed by atoms with Gasteiger partial charge in [0.15, 0.2) is 0 Å². The number of hydrogen-bond acceptors (Lipinski definition) is 1. The summed E-state index contributed by atoms with van der Waals surface area (Å²) < 4.78 is 0. The average molecular weight is 239 g/mol. The molecule has 1 aliphatic rings. The van der Waals surface area contributed by atoms with Gasteiger partial charge in [-0.15, -0.1) is 0 Å². The van der Waals surface area contributed by atoms with Gasteiger partial charge in [0.25, 0.3) is 0 Å². The molecule has 0 saturated heterocycles. The zero-order chi connectivity index (χ0) is 12.7. The first kappa shape index (κ1) is 15.0. The van der Waals surface area contributed by atoms with Crippen molar-refractivity contribution in [1.29, 1.82) is 0 Å². The lowest BCUT2D eigenvalue weighted by Gasteiger charge is -2.27. The predicted molar refractivity (Wildman–Crippen MR) is 77.3 cm³/mol. The molecule has 0 aromatic carbocycles. The molecule has 0 unspecified atom stereocenters. The highest BCUT2D eigenvalue weighted by atomic mass is 14.9. The van der Waals surface area contributed by atoms with E-state index in [1.807, 2.05) is 0 Å². The summed E-state index contributed by atoms with van der Waals surface area (Å²) in [5.41, 5.74) is 0. The molecule has 0 heterocycles. The van der Waals surface area contributed by atoms with Gasteiger partial charge in [-0.2, -0.15) is 0 Å². The molecule has 0 atom stereocenters. The minimum Gasteiger partial charge on any atom is -0.311 e. The van der Waals surface area contributed by atoms with Crippen LogP contribution in [0.2, 0.25) is 0 Å². The van der Waals surface area contributed by atoms with Crippen LogP contribution in [0.25, 0.3) is 0 Å². The Morgan fingerprint density at radius 3 is 1.71 bits per heavy atom. The number of hydrogen-bond donors (Lipinski definition) is 1. The first-order valence-corrected chi connectivity index (χ1v) is 7.84. The van der Waals surface area contributed by atoms with E-state index in [0.29, 0.717) is 0 Å². The maximum Gasteiger partial charge on any atom is 0.00745 e. The molecular formula is C16H33N. The molecule has 1 aliphatic carbocycles. The van der Waals surface area contributed by atoms with E-state index < -0.39 is 0 Å². The molecule has 1 nitrogen and oxygen atoms in total. The van der Waals surface area contributed by atoms with Gasteiger partial charge in [0.1, 0.15) is 0 Å². The third-order valence-corrected chi connectivity index (χ3v) is 3.84. The van der Waals surface area contributed by atoms with E-state index in [9.17, 15) is 0 Å². The van der Waals surface area contributed by atoms with Crippen LogP contribution in [0.3, 0.4) is 0 Å². The molecule has 0 aromatic heterocycles. The Morgan fingerprint density at radius 2 is 1.29 bits per heavy atom. The molecule has 0 aromatic rings. The van der Waals surface area contributed by atoms with Gasteiger partial charge in [-0.3, -0.25) is 0 Å². The largest absolute Gasteiger partial charge is 0.311 e. The van der Waals surface area contributed by atoms with Crippen molar-refractivity contribution in [3.63, 3.8) is 0 Å². The van der Waals surface area contributed by atoms with E-state index in [-0.39, 0.29) is 0 Å². The normalized spacial score (nSPS) is 19.2. The molecule has 1 fully saturated rings. The van der Waals surface area contributed by atoms with Crippen LogP contribution < -0.4 is 5.32 Å². The van der Waals surface area contributed by atoms with Crippen molar-refractivity contribution in [2.75, 3.05) is 0 Å². The number of rotatable bonds is 6.